The Hall–Kier alpha value is -3.44. The number of benzene rings is 3. The number of carboxylic acid groups (broad SMARTS) is 1. The molecule has 0 amide bonds. The number of halogens is 1. The number of aromatic carboxylic acids is 1. The van der Waals surface area contributed by atoms with Gasteiger partial charge in [0.1, 0.15) is 17.2 Å². The highest BCUT2D eigenvalue weighted by Crippen LogP contribution is 2.51. The van der Waals surface area contributed by atoms with Gasteiger partial charge in [-0.3, -0.25) is 0 Å². The number of aliphatic hydroxyl groups is 1. The first-order valence-corrected chi connectivity index (χ1v) is 13.0. The van der Waals surface area contributed by atoms with E-state index in [0.717, 1.165) is 46.4 Å². The maximum Gasteiger partial charge on any atom is 0.335 e. The minimum Gasteiger partial charge on any atom is -0.483 e. The van der Waals surface area contributed by atoms with E-state index in [4.69, 9.17) is 9.84 Å². The van der Waals surface area contributed by atoms with Crippen molar-refractivity contribution in [2.24, 2.45) is 0 Å². The lowest BCUT2D eigenvalue weighted by atomic mass is 9.62. The van der Waals surface area contributed by atoms with Gasteiger partial charge in [0, 0.05) is 5.56 Å². The Morgan fingerprint density at radius 2 is 1.58 bits per heavy atom. The molecule has 2 N–H and O–H groups in total. The van der Waals surface area contributed by atoms with Gasteiger partial charge in [-0.1, -0.05) is 70.2 Å². The molecule has 0 bridgehead atoms. The van der Waals surface area contributed by atoms with Crippen LogP contribution in [0.3, 0.4) is 0 Å². The molecule has 200 valence electrons. The molecule has 1 atom stereocenters. The molecule has 0 radical (unpaired) electrons. The third-order valence-corrected chi connectivity index (χ3v) is 7.78. The quantitative estimate of drug-likeness (QED) is 0.335. The van der Waals surface area contributed by atoms with Gasteiger partial charge in [-0.2, -0.15) is 0 Å². The summed E-state index contributed by atoms with van der Waals surface area (Å²) in [5, 5.41) is 20.3. The van der Waals surface area contributed by atoms with E-state index in [2.05, 4.69) is 33.8 Å². The van der Waals surface area contributed by atoms with E-state index in [9.17, 15) is 14.3 Å². The van der Waals surface area contributed by atoms with Crippen LogP contribution in [0.1, 0.15) is 98.7 Å². The Kier molecular flexibility index (Phi) is 7.28. The Bertz CT molecular complexity index is 1350. The molecule has 1 aliphatic rings. The van der Waals surface area contributed by atoms with E-state index in [0.29, 0.717) is 0 Å². The number of hydrogen-bond acceptors (Lipinski definition) is 3. The highest BCUT2D eigenvalue weighted by atomic mass is 19.1. The summed E-state index contributed by atoms with van der Waals surface area (Å²) in [7, 11) is 0. The molecule has 0 saturated carbocycles. The molecule has 0 fully saturated rings. The lowest BCUT2D eigenvalue weighted by Gasteiger charge is -2.44. The van der Waals surface area contributed by atoms with Crippen molar-refractivity contribution in [2.45, 2.75) is 76.9 Å². The van der Waals surface area contributed by atoms with Crippen LogP contribution in [0.25, 0.3) is 6.08 Å². The van der Waals surface area contributed by atoms with Gasteiger partial charge in [0.15, 0.2) is 0 Å². The van der Waals surface area contributed by atoms with Crippen LogP contribution in [-0.4, -0.2) is 16.2 Å². The molecule has 5 heteroatoms. The molecule has 1 aliphatic carbocycles. The molecule has 0 spiro atoms. The summed E-state index contributed by atoms with van der Waals surface area (Å²) in [5.41, 5.74) is 3.94. The Balaban J connectivity index is 1.76. The average Bonchev–Trinajstić information content (AvgIpc) is 2.85. The first-order valence-electron chi connectivity index (χ1n) is 13.0. The minimum atomic E-state index is -0.976. The second-order valence-corrected chi connectivity index (χ2v) is 12.1. The summed E-state index contributed by atoms with van der Waals surface area (Å²) in [5.74, 6) is -0.543. The normalized spacial score (nSPS) is 17.2. The minimum absolute atomic E-state index is 0.102. The second kappa shape index (κ2) is 10.0. The number of carboxylic acids is 1. The second-order valence-electron chi connectivity index (χ2n) is 12.1. The Morgan fingerprint density at radius 1 is 0.974 bits per heavy atom. The zero-order valence-electron chi connectivity index (χ0n) is 23.0. The molecule has 0 saturated heterocycles. The van der Waals surface area contributed by atoms with E-state index in [1.807, 2.05) is 19.9 Å². The SMILES string of the molecule is CC1(C)CCC(C)(C)c2c(OC(C)(C)c3ccc(F)cc3)cc(C(O)C=Cc3ccc(C(=O)O)cc3)cc21. The van der Waals surface area contributed by atoms with Gasteiger partial charge < -0.3 is 14.9 Å². The van der Waals surface area contributed by atoms with Crippen molar-refractivity contribution >= 4 is 12.0 Å². The summed E-state index contributed by atoms with van der Waals surface area (Å²) in [4.78, 5) is 11.1. The van der Waals surface area contributed by atoms with Gasteiger partial charge in [-0.05, 0) is 90.1 Å². The van der Waals surface area contributed by atoms with Crippen LogP contribution in [0, 0.1) is 5.82 Å². The van der Waals surface area contributed by atoms with Crippen LogP contribution in [0.4, 0.5) is 4.39 Å². The summed E-state index contributed by atoms with van der Waals surface area (Å²) in [6.45, 7) is 12.9. The van der Waals surface area contributed by atoms with Crippen molar-refractivity contribution in [1.82, 2.24) is 0 Å². The monoisotopic (exact) mass is 516 g/mol. The summed E-state index contributed by atoms with van der Waals surface area (Å²) >= 11 is 0. The molecular weight excluding hydrogens is 479 g/mol. The van der Waals surface area contributed by atoms with Crippen molar-refractivity contribution in [3.05, 3.63) is 106 Å². The molecule has 4 rings (SSSR count). The largest absolute Gasteiger partial charge is 0.483 e. The van der Waals surface area contributed by atoms with Crippen LogP contribution < -0.4 is 4.74 Å². The Labute approximate surface area is 224 Å². The maximum absolute atomic E-state index is 13.6. The van der Waals surface area contributed by atoms with E-state index >= 15 is 0 Å². The number of carbonyl (C=O) groups is 1. The third kappa shape index (κ3) is 5.68. The van der Waals surface area contributed by atoms with Crippen LogP contribution in [0.15, 0.2) is 66.7 Å². The van der Waals surface area contributed by atoms with Crippen LogP contribution in [0.2, 0.25) is 0 Å². The fraction of sp³-hybridized carbons (Fsp3) is 0.364. The fourth-order valence-electron chi connectivity index (χ4n) is 5.24. The van der Waals surface area contributed by atoms with E-state index in [1.165, 1.54) is 12.1 Å². The summed E-state index contributed by atoms with van der Waals surface area (Å²) < 4.78 is 20.3. The Morgan fingerprint density at radius 3 is 2.18 bits per heavy atom. The van der Waals surface area contributed by atoms with Gasteiger partial charge in [0.25, 0.3) is 0 Å². The first kappa shape index (κ1) is 27.6. The van der Waals surface area contributed by atoms with Crippen LogP contribution in [0.5, 0.6) is 5.75 Å². The highest BCUT2D eigenvalue weighted by Gasteiger charge is 2.41. The first-order chi connectivity index (χ1) is 17.7. The summed E-state index contributed by atoms with van der Waals surface area (Å²) in [6.07, 6.45) is 4.62. The van der Waals surface area contributed by atoms with Gasteiger partial charge in [-0.25, -0.2) is 9.18 Å². The van der Waals surface area contributed by atoms with E-state index in [1.54, 1.807) is 48.6 Å². The van der Waals surface area contributed by atoms with Crippen LogP contribution in [-0.2, 0) is 16.4 Å². The maximum atomic E-state index is 13.6. The zero-order valence-corrected chi connectivity index (χ0v) is 23.0. The van der Waals surface area contributed by atoms with E-state index in [-0.39, 0.29) is 22.2 Å². The van der Waals surface area contributed by atoms with Crippen molar-refractivity contribution < 1.29 is 24.1 Å². The van der Waals surface area contributed by atoms with Gasteiger partial charge in [-0.15, -0.1) is 0 Å². The molecule has 0 heterocycles. The average molecular weight is 517 g/mol. The van der Waals surface area contributed by atoms with Crippen molar-refractivity contribution in [3.8, 4) is 5.75 Å². The zero-order chi connectivity index (χ0) is 27.9. The standard InChI is InChI=1S/C33H37FO4/c1-31(2)17-18-32(3,4)29-26(31)19-23(27(35)16-9-21-7-10-22(11-8-21)30(36)37)20-28(29)38-33(5,6)24-12-14-25(34)15-13-24/h7-16,19-20,27,35H,17-18H2,1-6H3,(H,36,37). The number of ether oxygens (including phenoxy) is 1. The predicted molar refractivity (Wildman–Crippen MR) is 149 cm³/mol. The topological polar surface area (TPSA) is 66.8 Å². The van der Waals surface area contributed by atoms with E-state index < -0.39 is 17.7 Å². The van der Waals surface area contributed by atoms with Crippen LogP contribution >= 0.6 is 0 Å². The molecule has 1 unspecified atom stereocenters. The third-order valence-electron chi connectivity index (χ3n) is 7.78. The van der Waals surface area contributed by atoms with Gasteiger partial charge in [0.2, 0.25) is 0 Å². The highest BCUT2D eigenvalue weighted by molar-refractivity contribution is 5.87. The number of fused-ring (bicyclic) bond motifs is 1. The van der Waals surface area contributed by atoms with Gasteiger partial charge >= 0.3 is 5.97 Å². The van der Waals surface area contributed by atoms with Crippen molar-refractivity contribution in [2.75, 3.05) is 0 Å². The lowest BCUT2D eigenvalue weighted by molar-refractivity contribution is 0.0696. The number of rotatable bonds is 7. The van der Waals surface area contributed by atoms with Crippen molar-refractivity contribution in [3.63, 3.8) is 0 Å². The molecular formula is C33H37FO4. The fourth-order valence-corrected chi connectivity index (χ4v) is 5.24. The lowest BCUT2D eigenvalue weighted by Crippen LogP contribution is -2.36. The molecule has 38 heavy (non-hydrogen) atoms. The number of aliphatic hydroxyl groups excluding tert-OH is 1. The molecule has 0 aromatic heterocycles. The predicted octanol–water partition coefficient (Wildman–Crippen LogP) is 7.93. The smallest absolute Gasteiger partial charge is 0.335 e. The van der Waals surface area contributed by atoms with Crippen molar-refractivity contribution in [1.29, 1.82) is 0 Å². The number of hydrogen-bond donors (Lipinski definition) is 2. The molecule has 3 aromatic rings. The molecule has 0 aliphatic heterocycles. The molecule has 4 nitrogen and oxygen atoms in total. The van der Waals surface area contributed by atoms with Gasteiger partial charge in [0.05, 0.1) is 11.7 Å². The summed E-state index contributed by atoms with van der Waals surface area (Å²) in [6, 6.07) is 16.9. The molecule has 3 aromatic carbocycles.